The molecule has 0 aliphatic heterocycles. The number of carbonyl (C=O) groups is 1. The number of aromatic nitrogens is 3. The maximum Gasteiger partial charge on any atom is 0.237 e. The molecule has 0 saturated carbocycles. The molecule has 0 radical (unpaired) electrons. The van der Waals surface area contributed by atoms with Crippen LogP contribution in [0, 0.1) is 11.3 Å². The van der Waals surface area contributed by atoms with Crippen molar-refractivity contribution in [2.24, 2.45) is 0 Å². The van der Waals surface area contributed by atoms with Crippen LogP contribution in [-0.2, 0) is 4.79 Å². The number of para-hydroxylation sites is 1. The summed E-state index contributed by atoms with van der Waals surface area (Å²) in [7, 11) is 1.59. The van der Waals surface area contributed by atoms with Gasteiger partial charge in [0.05, 0.1) is 23.6 Å². The van der Waals surface area contributed by atoms with Crippen molar-refractivity contribution in [3.05, 3.63) is 54.1 Å². The van der Waals surface area contributed by atoms with Gasteiger partial charge in [-0.1, -0.05) is 23.9 Å². The van der Waals surface area contributed by atoms with Crippen LogP contribution in [0.2, 0.25) is 0 Å². The van der Waals surface area contributed by atoms with E-state index in [1.807, 2.05) is 12.1 Å². The smallest absolute Gasteiger partial charge is 0.237 e. The lowest BCUT2D eigenvalue weighted by Gasteiger charge is -2.12. The Morgan fingerprint density at radius 2 is 1.96 bits per heavy atom. The molecule has 1 atom stereocenters. The summed E-state index contributed by atoms with van der Waals surface area (Å²) in [4.78, 5) is 12.5. The fourth-order valence-electron chi connectivity index (χ4n) is 2.43. The van der Waals surface area contributed by atoms with Gasteiger partial charge >= 0.3 is 0 Å². The zero-order chi connectivity index (χ0) is 20.1. The number of methoxy groups -OCH3 is 1. The van der Waals surface area contributed by atoms with Crippen molar-refractivity contribution in [2.45, 2.75) is 17.3 Å². The zero-order valence-corrected chi connectivity index (χ0v) is 16.1. The van der Waals surface area contributed by atoms with Crippen molar-refractivity contribution in [2.75, 3.05) is 18.3 Å². The van der Waals surface area contributed by atoms with E-state index in [-0.39, 0.29) is 5.91 Å². The molecule has 1 aromatic heterocycles. The van der Waals surface area contributed by atoms with Gasteiger partial charge in [-0.15, -0.1) is 10.2 Å². The third-order valence-corrected chi connectivity index (χ3v) is 5.03. The number of nitriles is 1. The number of carbonyl (C=O) groups excluding carboxylic acids is 1. The number of anilines is 1. The van der Waals surface area contributed by atoms with E-state index < -0.39 is 5.25 Å². The SMILES string of the molecule is COc1ccc(-c2nnc(S[C@@H](C)C(=O)Nc3ccccc3C#N)n2N)cc1. The van der Waals surface area contributed by atoms with E-state index in [1.165, 1.54) is 16.4 Å². The fraction of sp³-hybridized carbons (Fsp3) is 0.158. The van der Waals surface area contributed by atoms with Gasteiger partial charge in [0.2, 0.25) is 11.1 Å². The maximum atomic E-state index is 12.5. The van der Waals surface area contributed by atoms with E-state index in [2.05, 4.69) is 21.6 Å². The highest BCUT2D eigenvalue weighted by atomic mass is 32.2. The first-order valence-corrected chi connectivity index (χ1v) is 9.23. The lowest BCUT2D eigenvalue weighted by molar-refractivity contribution is -0.115. The lowest BCUT2D eigenvalue weighted by atomic mass is 10.2. The van der Waals surface area contributed by atoms with Crippen LogP contribution in [0.1, 0.15) is 12.5 Å². The molecule has 1 heterocycles. The summed E-state index contributed by atoms with van der Waals surface area (Å²) in [5.74, 6) is 7.06. The Kier molecular flexibility index (Phi) is 5.81. The van der Waals surface area contributed by atoms with Gasteiger partial charge in [-0.2, -0.15) is 5.26 Å². The topological polar surface area (TPSA) is 119 Å². The molecule has 0 aliphatic rings. The predicted molar refractivity (Wildman–Crippen MR) is 107 cm³/mol. The molecule has 8 nitrogen and oxygen atoms in total. The standard InChI is InChI=1S/C19H18N6O2S/c1-12(18(26)22-16-6-4-3-5-14(16)11-20)28-19-24-23-17(25(19)21)13-7-9-15(27-2)10-8-13/h3-10,12H,21H2,1-2H3,(H,22,26)/t12-/m0/s1. The summed E-state index contributed by atoms with van der Waals surface area (Å²) in [6.45, 7) is 1.73. The van der Waals surface area contributed by atoms with Gasteiger partial charge in [0.1, 0.15) is 11.8 Å². The number of ether oxygens (including phenoxy) is 1. The Hall–Kier alpha value is -3.51. The van der Waals surface area contributed by atoms with Crippen LogP contribution in [-0.4, -0.2) is 33.1 Å². The number of nitrogens with two attached hydrogens (primary N) is 1. The largest absolute Gasteiger partial charge is 0.497 e. The first kappa shape index (κ1) is 19.3. The van der Waals surface area contributed by atoms with Crippen LogP contribution < -0.4 is 15.9 Å². The van der Waals surface area contributed by atoms with E-state index in [9.17, 15) is 4.79 Å². The number of thioether (sulfide) groups is 1. The van der Waals surface area contributed by atoms with Crippen molar-refractivity contribution < 1.29 is 9.53 Å². The fourth-order valence-corrected chi connectivity index (χ4v) is 3.20. The Morgan fingerprint density at radius 3 is 2.64 bits per heavy atom. The van der Waals surface area contributed by atoms with E-state index >= 15 is 0 Å². The van der Waals surface area contributed by atoms with Gasteiger partial charge in [0.15, 0.2) is 5.82 Å². The number of rotatable bonds is 6. The van der Waals surface area contributed by atoms with E-state index in [0.717, 1.165) is 11.3 Å². The molecule has 9 heteroatoms. The molecule has 0 aliphatic carbocycles. The van der Waals surface area contributed by atoms with Crippen LogP contribution in [0.25, 0.3) is 11.4 Å². The van der Waals surface area contributed by atoms with Gasteiger partial charge in [0, 0.05) is 5.56 Å². The number of nitrogens with one attached hydrogen (secondary N) is 1. The monoisotopic (exact) mass is 394 g/mol. The molecule has 0 bridgehead atoms. The van der Waals surface area contributed by atoms with Gasteiger partial charge in [-0.25, -0.2) is 4.68 Å². The van der Waals surface area contributed by atoms with Crippen LogP contribution in [0.5, 0.6) is 5.75 Å². The van der Waals surface area contributed by atoms with Crippen molar-refractivity contribution >= 4 is 23.4 Å². The number of hydrogen-bond acceptors (Lipinski definition) is 7. The summed E-state index contributed by atoms with van der Waals surface area (Å²) in [6, 6.07) is 16.1. The van der Waals surface area contributed by atoms with Crippen molar-refractivity contribution in [1.29, 1.82) is 5.26 Å². The number of hydrogen-bond donors (Lipinski definition) is 2. The Balaban J connectivity index is 1.72. The van der Waals surface area contributed by atoms with Gasteiger partial charge < -0.3 is 15.9 Å². The molecular weight excluding hydrogens is 376 g/mol. The highest BCUT2D eigenvalue weighted by molar-refractivity contribution is 8.00. The maximum absolute atomic E-state index is 12.5. The summed E-state index contributed by atoms with van der Waals surface area (Å²) in [5.41, 5.74) is 1.65. The summed E-state index contributed by atoms with van der Waals surface area (Å²) >= 11 is 1.18. The second-order valence-corrected chi connectivity index (χ2v) is 7.12. The van der Waals surface area contributed by atoms with Gasteiger partial charge in [0.25, 0.3) is 0 Å². The minimum absolute atomic E-state index is 0.262. The molecule has 3 aromatic rings. The summed E-state index contributed by atoms with van der Waals surface area (Å²) in [5, 5.41) is 20.0. The van der Waals surface area contributed by atoms with Gasteiger partial charge in [-0.3, -0.25) is 4.79 Å². The summed E-state index contributed by atoms with van der Waals surface area (Å²) < 4.78 is 6.49. The quantitative estimate of drug-likeness (QED) is 0.487. The number of benzene rings is 2. The van der Waals surface area contributed by atoms with Crippen molar-refractivity contribution in [3.63, 3.8) is 0 Å². The average Bonchev–Trinajstić information content (AvgIpc) is 3.08. The molecule has 142 valence electrons. The van der Waals surface area contributed by atoms with Crippen LogP contribution in [0.3, 0.4) is 0 Å². The molecule has 3 rings (SSSR count). The first-order chi connectivity index (χ1) is 13.5. The Morgan fingerprint density at radius 1 is 1.25 bits per heavy atom. The molecule has 3 N–H and O–H groups in total. The molecular formula is C19H18N6O2S. The Labute approximate surface area is 166 Å². The summed E-state index contributed by atoms with van der Waals surface area (Å²) in [6.07, 6.45) is 0. The minimum atomic E-state index is -0.498. The minimum Gasteiger partial charge on any atom is -0.497 e. The van der Waals surface area contributed by atoms with E-state index in [1.54, 1.807) is 50.4 Å². The molecule has 2 aromatic carbocycles. The van der Waals surface area contributed by atoms with Gasteiger partial charge in [-0.05, 0) is 43.3 Å². The molecule has 0 fully saturated rings. The first-order valence-electron chi connectivity index (χ1n) is 8.35. The number of amides is 1. The Bertz CT molecular complexity index is 1030. The highest BCUT2D eigenvalue weighted by Gasteiger charge is 2.20. The highest BCUT2D eigenvalue weighted by Crippen LogP contribution is 2.26. The van der Waals surface area contributed by atoms with E-state index in [4.69, 9.17) is 15.8 Å². The second-order valence-electron chi connectivity index (χ2n) is 5.81. The molecule has 0 spiro atoms. The van der Waals surface area contributed by atoms with Crippen LogP contribution in [0.4, 0.5) is 5.69 Å². The predicted octanol–water partition coefficient (Wildman–Crippen LogP) is 2.66. The molecule has 0 unspecified atom stereocenters. The van der Waals surface area contributed by atoms with Crippen molar-refractivity contribution in [3.8, 4) is 23.2 Å². The third kappa shape index (κ3) is 4.07. The van der Waals surface area contributed by atoms with Crippen LogP contribution >= 0.6 is 11.8 Å². The number of nitrogen functional groups attached to an aromatic ring is 1. The zero-order valence-electron chi connectivity index (χ0n) is 15.3. The average molecular weight is 394 g/mol. The molecule has 28 heavy (non-hydrogen) atoms. The third-order valence-electron chi connectivity index (χ3n) is 3.97. The normalized spacial score (nSPS) is 11.5. The van der Waals surface area contributed by atoms with E-state index in [0.29, 0.717) is 22.2 Å². The molecule has 0 saturated heterocycles. The second kappa shape index (κ2) is 8.45. The lowest BCUT2D eigenvalue weighted by Crippen LogP contribution is -2.24. The molecule has 1 amide bonds. The number of nitrogens with zero attached hydrogens (tertiary/aromatic N) is 4. The van der Waals surface area contributed by atoms with Crippen LogP contribution in [0.15, 0.2) is 53.7 Å². The van der Waals surface area contributed by atoms with Crippen molar-refractivity contribution in [1.82, 2.24) is 14.9 Å².